The van der Waals surface area contributed by atoms with E-state index in [0.717, 1.165) is 17.7 Å². The fourth-order valence-corrected chi connectivity index (χ4v) is 3.97. The Morgan fingerprint density at radius 3 is 2.63 bits per heavy atom. The second kappa shape index (κ2) is 10.0. The van der Waals surface area contributed by atoms with Crippen LogP contribution in [0.3, 0.4) is 0 Å². The van der Waals surface area contributed by atoms with Gasteiger partial charge in [0.05, 0.1) is 19.8 Å². The molecule has 0 spiro atoms. The number of nitrogens with one attached hydrogen (secondary N) is 1. The Balaban J connectivity index is 1.60. The van der Waals surface area contributed by atoms with E-state index < -0.39 is 23.6 Å². The van der Waals surface area contributed by atoms with Crippen molar-refractivity contribution >= 4 is 17.5 Å². The lowest BCUT2D eigenvalue weighted by molar-refractivity contribution is -0.138. The minimum absolute atomic E-state index is 0.202. The third kappa shape index (κ3) is 5.03. The summed E-state index contributed by atoms with van der Waals surface area (Å²) in [4.78, 5) is 27.2. The molecule has 3 aromatic rings. The number of carbonyl (C=O) groups is 2. The number of nitrogens with zero attached hydrogens (tertiary/aromatic N) is 1. The van der Waals surface area contributed by atoms with E-state index in [1.54, 1.807) is 43.2 Å². The van der Waals surface area contributed by atoms with Gasteiger partial charge in [0.2, 0.25) is 0 Å². The van der Waals surface area contributed by atoms with Crippen molar-refractivity contribution in [1.29, 1.82) is 0 Å². The Hall–Kier alpha value is -4.14. The van der Waals surface area contributed by atoms with Crippen LogP contribution in [0.1, 0.15) is 28.4 Å². The number of benzene rings is 3. The van der Waals surface area contributed by atoms with Crippen molar-refractivity contribution in [3.05, 3.63) is 82.9 Å². The molecule has 4 rings (SSSR count). The van der Waals surface area contributed by atoms with Crippen LogP contribution in [0.4, 0.5) is 14.5 Å². The van der Waals surface area contributed by atoms with Crippen LogP contribution < -0.4 is 19.5 Å². The highest BCUT2D eigenvalue weighted by atomic mass is 19.1. The summed E-state index contributed by atoms with van der Waals surface area (Å²) in [7, 11) is 3.07. The molecule has 0 aliphatic carbocycles. The highest BCUT2D eigenvalue weighted by Gasteiger charge is 2.29. The zero-order valence-electron chi connectivity index (χ0n) is 19.4. The molecule has 1 N–H and O–H groups in total. The number of anilines is 1. The third-order valence-electron chi connectivity index (χ3n) is 5.66. The number of ether oxygens (including phenoxy) is 3. The van der Waals surface area contributed by atoms with Gasteiger partial charge in [0.25, 0.3) is 11.8 Å². The van der Waals surface area contributed by atoms with Gasteiger partial charge in [0.1, 0.15) is 17.4 Å². The van der Waals surface area contributed by atoms with E-state index >= 15 is 0 Å². The predicted molar refractivity (Wildman–Crippen MR) is 125 cm³/mol. The van der Waals surface area contributed by atoms with Crippen LogP contribution in [-0.4, -0.2) is 37.0 Å². The monoisotopic (exact) mass is 482 g/mol. The van der Waals surface area contributed by atoms with Crippen LogP contribution >= 0.6 is 0 Å². The number of amides is 2. The van der Waals surface area contributed by atoms with Crippen LogP contribution in [0.5, 0.6) is 17.2 Å². The van der Waals surface area contributed by atoms with E-state index in [1.165, 1.54) is 7.11 Å². The Bertz CT molecular complexity index is 1280. The number of para-hydroxylation sites is 1. The summed E-state index contributed by atoms with van der Waals surface area (Å²) in [6.45, 7) is 2.11. The van der Waals surface area contributed by atoms with Crippen molar-refractivity contribution in [2.45, 2.75) is 26.1 Å². The molecule has 3 aromatic carbocycles. The average Bonchev–Trinajstić information content (AvgIpc) is 2.94. The Labute approximate surface area is 201 Å². The van der Waals surface area contributed by atoms with Crippen LogP contribution in [-0.2, 0) is 17.9 Å². The maximum Gasteiger partial charge on any atom is 0.263 e. The van der Waals surface area contributed by atoms with Crippen molar-refractivity contribution in [2.24, 2.45) is 0 Å². The molecule has 1 atom stereocenters. The first-order valence-electron chi connectivity index (χ1n) is 10.9. The maximum absolute atomic E-state index is 14.0. The highest BCUT2D eigenvalue weighted by molar-refractivity contribution is 6.04. The normalized spacial score (nSPS) is 15.1. The van der Waals surface area contributed by atoms with E-state index in [2.05, 4.69) is 5.32 Å². The summed E-state index contributed by atoms with van der Waals surface area (Å²) in [5, 5.41) is 2.61. The summed E-state index contributed by atoms with van der Waals surface area (Å²) in [6.07, 6.45) is -0.735. The van der Waals surface area contributed by atoms with E-state index in [4.69, 9.17) is 14.2 Å². The molecule has 1 aliphatic heterocycles. The topological polar surface area (TPSA) is 77.1 Å². The molecule has 0 fully saturated rings. The minimum Gasteiger partial charge on any atom is -0.493 e. The number of carbonyl (C=O) groups excluding carboxylic acids is 2. The van der Waals surface area contributed by atoms with Crippen molar-refractivity contribution in [3.8, 4) is 17.2 Å². The summed E-state index contributed by atoms with van der Waals surface area (Å²) < 4.78 is 43.9. The van der Waals surface area contributed by atoms with E-state index in [9.17, 15) is 18.4 Å². The Morgan fingerprint density at radius 2 is 1.91 bits per heavy atom. The fourth-order valence-electron chi connectivity index (χ4n) is 3.97. The second-order valence-corrected chi connectivity index (χ2v) is 8.01. The molecule has 0 saturated carbocycles. The number of hydrogen-bond donors (Lipinski definition) is 1. The van der Waals surface area contributed by atoms with Crippen LogP contribution in [0, 0.1) is 11.6 Å². The molecular weight excluding hydrogens is 458 g/mol. The zero-order valence-corrected chi connectivity index (χ0v) is 19.4. The Kier molecular flexibility index (Phi) is 6.86. The smallest absolute Gasteiger partial charge is 0.263 e. The van der Waals surface area contributed by atoms with Gasteiger partial charge in [-0.05, 0) is 43.3 Å². The number of methoxy groups -OCH3 is 2. The Morgan fingerprint density at radius 1 is 1.11 bits per heavy atom. The molecule has 0 aromatic heterocycles. The van der Waals surface area contributed by atoms with E-state index in [0.29, 0.717) is 34.6 Å². The fraction of sp³-hybridized carbons (Fsp3) is 0.231. The molecule has 0 saturated heterocycles. The molecule has 182 valence electrons. The molecule has 0 radical (unpaired) electrons. The lowest BCUT2D eigenvalue weighted by Gasteiger charge is -2.24. The molecular formula is C26H24F2N2O5. The molecule has 2 amide bonds. The number of rotatable bonds is 6. The number of halogens is 2. The zero-order chi connectivity index (χ0) is 25.1. The van der Waals surface area contributed by atoms with Gasteiger partial charge < -0.3 is 24.4 Å². The van der Waals surface area contributed by atoms with Gasteiger partial charge in [0, 0.05) is 36.0 Å². The molecule has 9 heteroatoms. The van der Waals surface area contributed by atoms with Gasteiger partial charge in [-0.3, -0.25) is 9.59 Å². The first-order valence-corrected chi connectivity index (χ1v) is 10.9. The van der Waals surface area contributed by atoms with Crippen LogP contribution in [0.25, 0.3) is 0 Å². The van der Waals surface area contributed by atoms with Gasteiger partial charge >= 0.3 is 0 Å². The summed E-state index contributed by atoms with van der Waals surface area (Å²) in [5.41, 5.74) is 1.50. The first-order chi connectivity index (χ1) is 16.8. The molecule has 35 heavy (non-hydrogen) atoms. The van der Waals surface area contributed by atoms with Crippen LogP contribution in [0.15, 0.2) is 54.6 Å². The molecule has 1 aliphatic rings. The van der Waals surface area contributed by atoms with Crippen molar-refractivity contribution in [2.75, 3.05) is 19.5 Å². The van der Waals surface area contributed by atoms with Crippen molar-refractivity contribution < 1.29 is 32.6 Å². The highest BCUT2D eigenvalue weighted by Crippen LogP contribution is 2.34. The molecule has 0 bridgehead atoms. The van der Waals surface area contributed by atoms with Gasteiger partial charge in [-0.15, -0.1) is 0 Å². The third-order valence-corrected chi connectivity index (χ3v) is 5.66. The lowest BCUT2D eigenvalue weighted by Crippen LogP contribution is -2.37. The first kappa shape index (κ1) is 24.0. The standard InChI is InChI=1S/C26H24F2N2O5/c1-15-26(32)30(13-16-5-4-6-23(33-2)24(16)34-3)14-17-11-19(8-10-22(17)35-15)29-25(31)20-9-7-18(27)12-21(20)28/h4-12,15H,13-14H2,1-3H3,(H,29,31)/t15-/m1/s1. The maximum atomic E-state index is 14.0. The van der Waals surface area contributed by atoms with E-state index in [1.807, 2.05) is 12.1 Å². The van der Waals surface area contributed by atoms with Gasteiger partial charge in [-0.2, -0.15) is 0 Å². The second-order valence-electron chi connectivity index (χ2n) is 8.01. The summed E-state index contributed by atoms with van der Waals surface area (Å²) >= 11 is 0. The number of fused-ring (bicyclic) bond motifs is 1. The van der Waals surface area contributed by atoms with Gasteiger partial charge in [-0.1, -0.05) is 12.1 Å². The van der Waals surface area contributed by atoms with Crippen molar-refractivity contribution in [1.82, 2.24) is 4.90 Å². The SMILES string of the molecule is COc1cccc(CN2Cc3cc(NC(=O)c4ccc(F)cc4F)ccc3O[C@H](C)C2=O)c1OC. The molecule has 1 heterocycles. The van der Waals surface area contributed by atoms with Gasteiger partial charge in [-0.25, -0.2) is 8.78 Å². The summed E-state index contributed by atoms with van der Waals surface area (Å²) in [5.74, 6) is -1.09. The minimum atomic E-state index is -0.960. The van der Waals surface area contributed by atoms with Crippen molar-refractivity contribution in [3.63, 3.8) is 0 Å². The number of hydrogen-bond acceptors (Lipinski definition) is 5. The molecule has 7 nitrogen and oxygen atoms in total. The average molecular weight is 482 g/mol. The van der Waals surface area contributed by atoms with E-state index in [-0.39, 0.29) is 24.6 Å². The lowest BCUT2D eigenvalue weighted by atomic mass is 10.1. The largest absolute Gasteiger partial charge is 0.493 e. The molecule has 0 unspecified atom stereocenters. The van der Waals surface area contributed by atoms with Crippen LogP contribution in [0.2, 0.25) is 0 Å². The quantitative estimate of drug-likeness (QED) is 0.558. The predicted octanol–water partition coefficient (Wildman–Crippen LogP) is 4.54. The van der Waals surface area contributed by atoms with Gasteiger partial charge in [0.15, 0.2) is 17.6 Å². The summed E-state index contributed by atoms with van der Waals surface area (Å²) in [6, 6.07) is 13.1.